The SMILES string of the molecule is C.C#Cc1cnc(N(C(=O)c2ccc(C3=NOC(C)(c4cc(Cl)cc(Cl)c4)C3)cc2C)C(=O)C(C)C)nc1.CCCC(=O)c1ccc(C2=NOC(C)(c3cc(Cl)cc(Cl)c3)C2)cc1CC.COC(=O)N(C(=O)c1ccc(C2=NOC(C)(c3cc(Cl)cc(Cl)c3)C2)cc1C)c1cnc(C)cn1.COC(=O)N(C)C(=O)c1ccc(C2=NOC(C)(c3cc(Cl)cc(Cl)c3)C2)cc1C. The summed E-state index contributed by atoms with van der Waals surface area (Å²) in [5, 5.41) is 21.4. The molecule has 670 valence electrons. The van der Waals surface area contributed by atoms with Crippen molar-refractivity contribution in [1.29, 1.82) is 0 Å². The van der Waals surface area contributed by atoms with Gasteiger partial charge in [0.05, 0.1) is 60.7 Å². The standard InChI is InChI=1S/C28H24Cl2N4O3.C25H22Cl2N4O4.C22H23Cl2NO2.C21H20Cl2N2O4.CH4/c1-6-18-14-31-27(32-15-18)34(25(35)16(2)3)26(36)23-8-7-19(9-17(23)4)24-13-28(5,37-33-24)20-10-21(29)12-22(30)11-20;1-14-7-16(21-11-25(3,35-30-21)17-8-18(26)10-19(27)9-17)5-6-20(14)23(32)31(24(33)34-4)22-13-28-15(2)12-29-22;1-4-6-21(26)19-8-7-15(9-14(19)5-2)20-13-22(3,27-25-20)16-10-17(23)12-18(24)11-16;1-12-7-13(5-6-17(12)19(26)25(3)20(27)28-4)18-11-21(2,29-24-18)14-8-15(22)10-16(23)9-14;/h1,7-12,14-16H,13H2,2-5H3;5-10,12-13H,11H2,1-4H3;7-12H,4-6,13H2,1-3H3;5-10H,11H2,1-4H3;1H4. The first-order valence-electron chi connectivity index (χ1n) is 40.2. The molecule has 4 aliphatic heterocycles. The van der Waals surface area contributed by atoms with E-state index in [0.29, 0.717) is 128 Å². The summed E-state index contributed by atoms with van der Waals surface area (Å²) < 4.78 is 9.40. The number of methoxy groups -OCH3 is 2. The molecule has 0 bridgehead atoms. The number of anilines is 2. The van der Waals surface area contributed by atoms with Gasteiger partial charge in [0, 0.05) is 142 Å². The molecule has 32 heteroatoms. The monoisotopic (exact) mass is 1900 g/mol. The van der Waals surface area contributed by atoms with Crippen LogP contribution >= 0.6 is 92.8 Å². The average Bonchev–Trinajstić information content (AvgIpc) is 1.77. The van der Waals surface area contributed by atoms with Crippen LogP contribution in [0.25, 0.3) is 0 Å². The summed E-state index contributed by atoms with van der Waals surface area (Å²) in [5.41, 5.74) is 13.0. The second kappa shape index (κ2) is 42.3. The number of imide groups is 3. The number of ketones is 1. The van der Waals surface area contributed by atoms with Crippen molar-refractivity contribution in [3.05, 3.63) is 311 Å². The van der Waals surface area contributed by atoms with Crippen molar-refractivity contribution in [3.8, 4) is 12.3 Å². The minimum Gasteiger partial charge on any atom is -0.452 e. The van der Waals surface area contributed by atoms with Crippen LogP contribution in [0.5, 0.6) is 0 Å². The van der Waals surface area contributed by atoms with Gasteiger partial charge in [-0.3, -0.25) is 29.0 Å². The highest BCUT2D eigenvalue weighted by Gasteiger charge is 2.43. The zero-order valence-electron chi connectivity index (χ0n) is 72.5. The van der Waals surface area contributed by atoms with Crippen LogP contribution in [-0.4, -0.2) is 111 Å². The molecule has 4 unspecified atom stereocenters. The first kappa shape index (κ1) is 99.5. The number of hydrogen-bond acceptors (Lipinski definition) is 21. The fourth-order valence-electron chi connectivity index (χ4n) is 14.4. The Hall–Kier alpha value is -11.6. The number of benzene rings is 8. The van der Waals surface area contributed by atoms with E-state index >= 15 is 0 Å². The van der Waals surface area contributed by atoms with E-state index in [1.807, 2.05) is 89.2 Å². The molecule has 14 rings (SSSR count). The molecule has 0 aliphatic carbocycles. The van der Waals surface area contributed by atoms with Gasteiger partial charge >= 0.3 is 12.2 Å². The van der Waals surface area contributed by atoms with Crippen LogP contribution in [0.3, 0.4) is 0 Å². The number of ether oxygens (including phenoxy) is 2. The number of Topliss-reactive ketones (excluding diaryl/α,β-unsaturated/α-hetero) is 1. The summed E-state index contributed by atoms with van der Waals surface area (Å²) in [7, 11) is 3.80. The second-order valence-electron chi connectivity index (χ2n) is 31.8. The summed E-state index contributed by atoms with van der Waals surface area (Å²) in [4.78, 5) is 131. The molecule has 0 N–H and O–H groups in total. The van der Waals surface area contributed by atoms with Crippen molar-refractivity contribution in [2.24, 2.45) is 26.5 Å². The molecule has 0 saturated heterocycles. The number of aryl methyl sites for hydroxylation is 5. The van der Waals surface area contributed by atoms with E-state index in [0.717, 1.165) is 94.6 Å². The highest BCUT2D eigenvalue weighted by atomic mass is 35.5. The Morgan fingerprint density at radius 3 is 1.08 bits per heavy atom. The average molecular weight is 1900 g/mol. The van der Waals surface area contributed by atoms with Gasteiger partial charge in [-0.1, -0.05) is 185 Å². The predicted molar refractivity (Wildman–Crippen MR) is 507 cm³/mol. The highest BCUT2D eigenvalue weighted by Crippen LogP contribution is 2.44. The molecule has 0 saturated carbocycles. The summed E-state index contributed by atoms with van der Waals surface area (Å²) in [6, 6.07) is 42.9. The van der Waals surface area contributed by atoms with E-state index in [1.165, 1.54) is 46.1 Å². The zero-order valence-corrected chi connectivity index (χ0v) is 78.6. The quantitative estimate of drug-likeness (QED) is 0.0570. The van der Waals surface area contributed by atoms with Crippen molar-refractivity contribution < 1.29 is 62.4 Å². The topological polar surface area (TPSA) is 286 Å². The van der Waals surface area contributed by atoms with E-state index in [4.69, 9.17) is 123 Å². The third kappa shape index (κ3) is 23.3. The maximum Gasteiger partial charge on any atom is 0.422 e. The molecule has 10 aromatic rings. The maximum atomic E-state index is 13.6. The number of nitrogens with zero attached hydrogens (tertiary/aromatic N) is 11. The maximum absolute atomic E-state index is 13.6. The van der Waals surface area contributed by atoms with Gasteiger partial charge in [-0.15, -0.1) is 6.42 Å². The Kier molecular flexibility index (Phi) is 32.6. The Morgan fingerprint density at radius 1 is 0.442 bits per heavy atom. The van der Waals surface area contributed by atoms with Crippen LogP contribution in [0.15, 0.2) is 191 Å². The van der Waals surface area contributed by atoms with Crippen LogP contribution in [0.1, 0.15) is 221 Å². The Morgan fingerprint density at radius 2 is 0.775 bits per heavy atom. The molecule has 2 aromatic heterocycles. The fourth-order valence-corrected chi connectivity index (χ4v) is 16.5. The van der Waals surface area contributed by atoms with Gasteiger partial charge in [-0.05, 0) is 228 Å². The lowest BCUT2D eigenvalue weighted by Crippen LogP contribution is -2.41. The van der Waals surface area contributed by atoms with Crippen LogP contribution in [0.4, 0.5) is 21.4 Å². The second-order valence-corrected chi connectivity index (χ2v) is 35.3. The minimum absolute atomic E-state index is 0. The van der Waals surface area contributed by atoms with Gasteiger partial charge < -0.3 is 28.8 Å². The van der Waals surface area contributed by atoms with E-state index in [1.54, 1.807) is 126 Å². The molecule has 6 amide bonds. The predicted octanol–water partition coefficient (Wildman–Crippen LogP) is 24.2. The summed E-state index contributed by atoms with van der Waals surface area (Å²) in [5.74, 6) is 0.226. The van der Waals surface area contributed by atoms with E-state index < -0.39 is 64.1 Å². The van der Waals surface area contributed by atoms with Gasteiger partial charge in [-0.25, -0.2) is 34.3 Å². The Labute approximate surface area is 789 Å². The molecular weight excluding hydrogens is 1810 g/mol. The zero-order chi connectivity index (χ0) is 93.2. The Balaban J connectivity index is 0.000000180. The smallest absolute Gasteiger partial charge is 0.422 e. The molecule has 4 aliphatic rings. The molecule has 8 aromatic carbocycles. The number of oxime groups is 4. The normalized spacial score (nSPS) is 17.4. The summed E-state index contributed by atoms with van der Waals surface area (Å²) >= 11 is 49.2. The van der Waals surface area contributed by atoms with Gasteiger partial charge in [0.15, 0.2) is 34.0 Å². The van der Waals surface area contributed by atoms with Crippen molar-refractivity contribution in [3.63, 3.8) is 0 Å². The summed E-state index contributed by atoms with van der Waals surface area (Å²) in [6.45, 7) is 22.3. The number of rotatable bonds is 18. The largest absolute Gasteiger partial charge is 0.452 e. The first-order chi connectivity index (χ1) is 60.6. The van der Waals surface area contributed by atoms with Gasteiger partial charge in [-0.2, -0.15) is 4.90 Å². The molecule has 129 heavy (non-hydrogen) atoms. The van der Waals surface area contributed by atoms with Crippen molar-refractivity contribution >= 4 is 169 Å². The number of halogens is 8. The van der Waals surface area contributed by atoms with Crippen LogP contribution < -0.4 is 9.80 Å². The molecule has 0 radical (unpaired) electrons. The van der Waals surface area contributed by atoms with Crippen molar-refractivity contribution in [2.75, 3.05) is 31.1 Å². The number of hydrogen-bond donors (Lipinski definition) is 0. The van der Waals surface area contributed by atoms with Crippen molar-refractivity contribution in [1.82, 2.24) is 24.8 Å². The van der Waals surface area contributed by atoms with E-state index in [9.17, 15) is 33.6 Å². The first-order valence-corrected chi connectivity index (χ1v) is 43.3. The lowest BCUT2D eigenvalue weighted by atomic mass is 9.88. The molecule has 6 heterocycles. The Bertz CT molecular complexity index is 6120. The molecular formula is C97H93Cl8N11O13. The van der Waals surface area contributed by atoms with Crippen LogP contribution in [0, 0.1) is 46.0 Å². The summed E-state index contributed by atoms with van der Waals surface area (Å²) in [6.07, 6.45) is 13.7. The molecule has 4 atom stereocenters. The fraction of sp³-hybridized carbons (Fsp3) is 0.289. The third-order valence-electron chi connectivity index (χ3n) is 21.5. The minimum atomic E-state index is -0.860. The number of terminal acetylenes is 1. The van der Waals surface area contributed by atoms with Gasteiger partial charge in [0.2, 0.25) is 11.9 Å². The van der Waals surface area contributed by atoms with Crippen LogP contribution in [-0.2, 0) is 62.4 Å². The van der Waals surface area contributed by atoms with E-state index in [-0.39, 0.29) is 25.0 Å². The molecule has 0 fully saturated rings. The van der Waals surface area contributed by atoms with Gasteiger partial charge in [0.25, 0.3) is 17.7 Å². The lowest BCUT2D eigenvalue weighted by molar-refractivity contribution is -0.120. The number of carbonyl (C=O) groups is 7. The number of aromatic nitrogens is 4. The highest BCUT2D eigenvalue weighted by molar-refractivity contribution is 6.37. The van der Waals surface area contributed by atoms with Crippen LogP contribution in [0.2, 0.25) is 40.2 Å². The van der Waals surface area contributed by atoms with Crippen molar-refractivity contribution in [2.45, 2.75) is 158 Å². The number of amides is 6. The van der Waals surface area contributed by atoms with E-state index in [2.05, 4.69) is 64.2 Å². The molecule has 0 spiro atoms. The third-order valence-corrected chi connectivity index (χ3v) is 23.3. The van der Waals surface area contributed by atoms with Gasteiger partial charge in [0.1, 0.15) is 0 Å². The number of carbonyl (C=O) groups excluding carboxylic acids is 7. The lowest BCUT2D eigenvalue weighted by Gasteiger charge is -2.22. The molecule has 24 nitrogen and oxygen atoms in total.